The van der Waals surface area contributed by atoms with Gasteiger partial charge in [0.05, 0.1) is 5.69 Å². The summed E-state index contributed by atoms with van der Waals surface area (Å²) < 4.78 is 0.864. The van der Waals surface area contributed by atoms with Gasteiger partial charge < -0.3 is 0 Å². The van der Waals surface area contributed by atoms with Gasteiger partial charge in [0.2, 0.25) is 5.91 Å². The van der Waals surface area contributed by atoms with Crippen molar-refractivity contribution in [1.29, 1.82) is 0 Å². The van der Waals surface area contributed by atoms with Crippen LogP contribution in [0.3, 0.4) is 0 Å². The highest BCUT2D eigenvalue weighted by Crippen LogP contribution is 2.36. The second kappa shape index (κ2) is 7.01. The quantitative estimate of drug-likeness (QED) is 0.743. The number of nitrogens with zero attached hydrogens (tertiary/aromatic N) is 2. The highest BCUT2D eigenvalue weighted by Gasteiger charge is 2.45. The maximum atomic E-state index is 12.9. The molecular formula is C18H15BrN2O3S. The lowest BCUT2D eigenvalue weighted by atomic mass is 10.2. The summed E-state index contributed by atoms with van der Waals surface area (Å²) in [6.45, 7) is 3.28. The van der Waals surface area contributed by atoms with Gasteiger partial charge in [0.25, 0.3) is 11.1 Å². The van der Waals surface area contributed by atoms with E-state index in [0.29, 0.717) is 11.4 Å². The van der Waals surface area contributed by atoms with Crippen LogP contribution in [-0.4, -0.2) is 22.4 Å². The number of carbonyl (C=O) groups excluding carboxylic acids is 3. The summed E-state index contributed by atoms with van der Waals surface area (Å²) in [5.74, 6) is -0.717. The normalized spacial score (nSPS) is 17.1. The molecule has 1 atom stereocenters. The SMILES string of the molecule is CC(=O)N(c1ccc(Br)cc1)[C@H]1SC(=O)N(c2cccc(C)c2)C1=O. The number of hydrogen-bond donors (Lipinski definition) is 0. The minimum absolute atomic E-state index is 0.299. The summed E-state index contributed by atoms with van der Waals surface area (Å²) >= 11 is 4.19. The van der Waals surface area contributed by atoms with E-state index in [1.165, 1.54) is 11.8 Å². The molecule has 1 aliphatic heterocycles. The fourth-order valence-electron chi connectivity index (χ4n) is 2.65. The molecule has 0 aromatic heterocycles. The van der Waals surface area contributed by atoms with Crippen LogP contribution in [0.15, 0.2) is 53.0 Å². The van der Waals surface area contributed by atoms with Crippen molar-refractivity contribution in [2.75, 3.05) is 9.80 Å². The van der Waals surface area contributed by atoms with E-state index in [-0.39, 0.29) is 11.1 Å². The zero-order chi connectivity index (χ0) is 18.1. The number of imide groups is 1. The number of benzene rings is 2. The summed E-state index contributed by atoms with van der Waals surface area (Å²) in [5, 5.41) is -1.30. The van der Waals surface area contributed by atoms with Gasteiger partial charge in [-0.05, 0) is 60.6 Å². The Balaban J connectivity index is 1.96. The average Bonchev–Trinajstić information content (AvgIpc) is 2.84. The second-order valence-electron chi connectivity index (χ2n) is 5.61. The molecule has 1 aliphatic rings. The van der Waals surface area contributed by atoms with Crippen molar-refractivity contribution in [3.8, 4) is 0 Å². The Bertz CT molecular complexity index is 854. The number of carbonyl (C=O) groups is 3. The van der Waals surface area contributed by atoms with Crippen LogP contribution >= 0.6 is 27.7 Å². The molecule has 25 heavy (non-hydrogen) atoms. The molecule has 1 heterocycles. The number of aryl methyl sites for hydroxylation is 1. The van der Waals surface area contributed by atoms with Crippen LogP contribution in [0.2, 0.25) is 0 Å². The summed E-state index contributed by atoms with van der Waals surface area (Å²) in [7, 11) is 0. The Morgan fingerprint density at radius 3 is 2.44 bits per heavy atom. The number of hydrogen-bond acceptors (Lipinski definition) is 4. The molecule has 7 heteroatoms. The first kappa shape index (κ1) is 17.7. The van der Waals surface area contributed by atoms with Crippen molar-refractivity contribution >= 4 is 56.1 Å². The largest absolute Gasteiger partial charge is 0.295 e. The molecule has 0 unspecified atom stereocenters. The number of thioether (sulfide) groups is 1. The monoisotopic (exact) mass is 418 g/mol. The van der Waals surface area contributed by atoms with Crippen molar-refractivity contribution in [1.82, 2.24) is 0 Å². The molecule has 2 aromatic carbocycles. The van der Waals surface area contributed by atoms with Gasteiger partial charge in [-0.15, -0.1) is 0 Å². The number of anilines is 2. The number of halogens is 1. The third-order valence-corrected chi connectivity index (χ3v) is 5.31. The first-order valence-electron chi connectivity index (χ1n) is 7.55. The van der Waals surface area contributed by atoms with E-state index in [0.717, 1.165) is 26.7 Å². The topological polar surface area (TPSA) is 57.7 Å². The van der Waals surface area contributed by atoms with Gasteiger partial charge in [-0.25, -0.2) is 4.90 Å². The summed E-state index contributed by atoms with van der Waals surface area (Å²) in [6.07, 6.45) is 0. The molecule has 0 radical (unpaired) electrons. The highest BCUT2D eigenvalue weighted by molar-refractivity contribution is 9.10. The third-order valence-electron chi connectivity index (χ3n) is 3.77. The molecule has 3 amide bonds. The fraction of sp³-hybridized carbons (Fsp3) is 0.167. The van der Waals surface area contributed by atoms with E-state index in [2.05, 4.69) is 15.9 Å². The maximum absolute atomic E-state index is 12.9. The maximum Gasteiger partial charge on any atom is 0.295 e. The highest BCUT2D eigenvalue weighted by atomic mass is 79.9. The van der Waals surface area contributed by atoms with Gasteiger partial charge in [-0.2, -0.15) is 0 Å². The molecular weight excluding hydrogens is 404 g/mol. The van der Waals surface area contributed by atoms with Gasteiger partial charge in [0.1, 0.15) is 0 Å². The van der Waals surface area contributed by atoms with Crippen molar-refractivity contribution in [3.05, 3.63) is 58.6 Å². The second-order valence-corrected chi connectivity index (χ2v) is 7.56. The van der Waals surface area contributed by atoms with Crippen molar-refractivity contribution < 1.29 is 14.4 Å². The molecule has 2 aromatic rings. The van der Waals surface area contributed by atoms with E-state index in [1.54, 1.807) is 42.5 Å². The van der Waals surface area contributed by atoms with Crippen LogP contribution in [0.1, 0.15) is 12.5 Å². The van der Waals surface area contributed by atoms with Crippen LogP contribution in [0.25, 0.3) is 0 Å². The molecule has 0 N–H and O–H groups in total. The van der Waals surface area contributed by atoms with E-state index in [9.17, 15) is 14.4 Å². The van der Waals surface area contributed by atoms with Crippen molar-refractivity contribution in [2.24, 2.45) is 0 Å². The molecule has 1 saturated heterocycles. The lowest BCUT2D eigenvalue weighted by Gasteiger charge is -2.25. The molecule has 128 valence electrons. The number of amides is 3. The van der Waals surface area contributed by atoms with Crippen molar-refractivity contribution in [2.45, 2.75) is 19.2 Å². The van der Waals surface area contributed by atoms with E-state index >= 15 is 0 Å². The van der Waals surface area contributed by atoms with Gasteiger partial charge in [-0.1, -0.05) is 28.1 Å². The Morgan fingerprint density at radius 2 is 1.84 bits per heavy atom. The van der Waals surface area contributed by atoms with Crippen LogP contribution in [-0.2, 0) is 9.59 Å². The predicted octanol–water partition coefficient (Wildman–Crippen LogP) is 4.34. The van der Waals surface area contributed by atoms with Gasteiger partial charge in [0, 0.05) is 17.1 Å². The summed E-state index contributed by atoms with van der Waals surface area (Å²) in [5.41, 5.74) is 2.03. The smallest absolute Gasteiger partial charge is 0.290 e. The molecule has 5 nitrogen and oxygen atoms in total. The van der Waals surface area contributed by atoms with Gasteiger partial charge in [-0.3, -0.25) is 19.3 Å². The van der Waals surface area contributed by atoms with Crippen LogP contribution in [0, 0.1) is 6.92 Å². The fourth-order valence-corrected chi connectivity index (χ4v) is 3.98. The first-order chi connectivity index (χ1) is 11.9. The van der Waals surface area contributed by atoms with Gasteiger partial charge in [0.15, 0.2) is 5.37 Å². The van der Waals surface area contributed by atoms with E-state index in [4.69, 9.17) is 0 Å². The minimum Gasteiger partial charge on any atom is -0.290 e. The molecule has 1 fully saturated rings. The molecule has 0 aliphatic carbocycles. The Morgan fingerprint density at radius 1 is 1.16 bits per heavy atom. The molecule has 0 spiro atoms. The Hall–Kier alpha value is -2.12. The molecule has 0 saturated carbocycles. The first-order valence-corrected chi connectivity index (χ1v) is 9.22. The Labute approximate surface area is 158 Å². The van der Waals surface area contributed by atoms with Gasteiger partial charge >= 0.3 is 0 Å². The zero-order valence-electron chi connectivity index (χ0n) is 13.6. The zero-order valence-corrected chi connectivity index (χ0v) is 16.0. The van der Waals surface area contributed by atoms with Crippen molar-refractivity contribution in [3.63, 3.8) is 0 Å². The van der Waals surface area contributed by atoms with E-state index in [1.807, 2.05) is 13.0 Å². The number of rotatable bonds is 3. The van der Waals surface area contributed by atoms with Crippen LogP contribution in [0.5, 0.6) is 0 Å². The standard InChI is InChI=1S/C18H15BrN2O3S/c1-11-4-3-5-15(10-11)21-16(23)17(25-18(21)24)20(12(2)22)14-8-6-13(19)7-9-14/h3-10,17H,1-2H3/t17-/m0/s1. The minimum atomic E-state index is -0.910. The Kier molecular flexibility index (Phi) is 4.96. The average molecular weight is 419 g/mol. The predicted molar refractivity (Wildman–Crippen MR) is 103 cm³/mol. The lowest BCUT2D eigenvalue weighted by Crippen LogP contribution is -2.44. The summed E-state index contributed by atoms with van der Waals surface area (Å²) in [6, 6.07) is 14.2. The molecule has 0 bridgehead atoms. The third kappa shape index (κ3) is 3.48. The lowest BCUT2D eigenvalue weighted by molar-refractivity contribution is -0.121. The van der Waals surface area contributed by atoms with Crippen LogP contribution in [0.4, 0.5) is 16.2 Å². The van der Waals surface area contributed by atoms with E-state index < -0.39 is 11.3 Å². The van der Waals surface area contributed by atoms with Crippen LogP contribution < -0.4 is 9.80 Å². The molecule has 3 rings (SSSR count). The summed E-state index contributed by atoms with van der Waals surface area (Å²) in [4.78, 5) is 40.0.